The molecule has 1 aromatic carbocycles. The van der Waals surface area contributed by atoms with E-state index in [1.54, 1.807) is 6.92 Å². The molecule has 0 spiro atoms. The number of benzene rings is 1. The molecule has 0 bridgehead atoms. The van der Waals surface area contributed by atoms with Crippen molar-refractivity contribution in [1.82, 2.24) is 10.6 Å². The number of aliphatic hydroxyl groups is 4. The van der Waals surface area contributed by atoms with Crippen LogP contribution in [0.4, 0.5) is 0 Å². The minimum atomic E-state index is -1.99. The van der Waals surface area contributed by atoms with E-state index < -0.39 is 24.1 Å². The Morgan fingerprint density at radius 2 is 1.94 bits per heavy atom. The number of aliphatic hydroxyl groups excluding tert-OH is 3. The van der Waals surface area contributed by atoms with Crippen molar-refractivity contribution in [2.24, 2.45) is 5.92 Å². The van der Waals surface area contributed by atoms with Crippen molar-refractivity contribution in [3.8, 4) is 0 Å². The molecule has 0 aromatic heterocycles. The molecule has 10 nitrogen and oxygen atoms in total. The summed E-state index contributed by atoms with van der Waals surface area (Å²) in [5, 5.41) is 44.9. The van der Waals surface area contributed by atoms with E-state index in [0.717, 1.165) is 5.56 Å². The van der Waals surface area contributed by atoms with Gasteiger partial charge in [-0.05, 0) is 24.9 Å². The number of nitrogens with one attached hydrogen (secondary N) is 2. The van der Waals surface area contributed by atoms with Gasteiger partial charge in [0, 0.05) is 12.5 Å². The Morgan fingerprint density at radius 3 is 2.66 bits per heavy atom. The lowest BCUT2D eigenvalue weighted by atomic mass is 9.97. The standard InChI is InChI=1S/C22H34N2O8/c1-15(6-5-10-23-14-22(30)20(28)19(27)17(25)13-32-22)21(29)24-11-9-18(26)31-12-16-7-3-2-4-8-16/h2-4,7-8,15,17,19-20,23,25,27-28,30H,5-6,9-14H2,1H3,(H,24,29)/t15-,17+,19+,20-,22?/m0/s1. The maximum Gasteiger partial charge on any atom is 0.307 e. The minimum Gasteiger partial charge on any atom is -0.461 e. The third-order valence-corrected chi connectivity index (χ3v) is 5.37. The summed E-state index contributed by atoms with van der Waals surface area (Å²) in [5.41, 5.74) is 0.901. The first kappa shape index (κ1) is 26.2. The van der Waals surface area contributed by atoms with Crippen molar-refractivity contribution in [2.75, 3.05) is 26.2 Å². The van der Waals surface area contributed by atoms with Gasteiger partial charge < -0.3 is 40.5 Å². The van der Waals surface area contributed by atoms with Crippen LogP contribution in [-0.4, -0.2) is 82.6 Å². The molecule has 1 heterocycles. The van der Waals surface area contributed by atoms with Crippen LogP contribution in [0, 0.1) is 5.92 Å². The number of carbonyl (C=O) groups excluding carboxylic acids is 2. The zero-order chi connectivity index (χ0) is 23.6. The summed E-state index contributed by atoms with van der Waals surface area (Å²) in [6.45, 7) is 2.21. The fourth-order valence-electron chi connectivity index (χ4n) is 3.25. The van der Waals surface area contributed by atoms with Crippen LogP contribution in [0.1, 0.15) is 31.7 Å². The van der Waals surface area contributed by atoms with E-state index in [2.05, 4.69) is 10.6 Å². The monoisotopic (exact) mass is 454 g/mol. The van der Waals surface area contributed by atoms with Crippen molar-refractivity contribution < 1.29 is 39.5 Å². The van der Waals surface area contributed by atoms with Crippen LogP contribution in [-0.2, 0) is 25.7 Å². The molecule has 1 unspecified atom stereocenters. The molecule has 1 fully saturated rings. The summed E-state index contributed by atoms with van der Waals surface area (Å²) in [6, 6.07) is 9.35. The Labute approximate surface area is 187 Å². The molecular formula is C22H34N2O8. The SMILES string of the molecule is C[C@@H](CCCNCC1(O)OC[C@@H](O)[C@@H](O)[C@@H]1O)C(=O)NCCC(=O)OCc1ccccc1. The van der Waals surface area contributed by atoms with Crippen LogP contribution in [0.3, 0.4) is 0 Å². The maximum atomic E-state index is 12.1. The van der Waals surface area contributed by atoms with Gasteiger partial charge in [-0.25, -0.2) is 0 Å². The van der Waals surface area contributed by atoms with Crippen molar-refractivity contribution >= 4 is 11.9 Å². The predicted molar refractivity (Wildman–Crippen MR) is 114 cm³/mol. The normalized spacial score (nSPS) is 26.3. The molecule has 1 aliphatic rings. The van der Waals surface area contributed by atoms with E-state index in [0.29, 0.717) is 19.4 Å². The maximum absolute atomic E-state index is 12.1. The van der Waals surface area contributed by atoms with Gasteiger partial charge in [0.05, 0.1) is 19.6 Å². The topological polar surface area (TPSA) is 158 Å². The van der Waals surface area contributed by atoms with Gasteiger partial charge in [0.25, 0.3) is 0 Å². The zero-order valence-electron chi connectivity index (χ0n) is 18.3. The summed E-state index contributed by atoms with van der Waals surface area (Å²) in [6.07, 6.45) is -3.10. The third kappa shape index (κ3) is 8.12. The van der Waals surface area contributed by atoms with Gasteiger partial charge >= 0.3 is 5.97 Å². The first-order valence-electron chi connectivity index (χ1n) is 10.8. The largest absolute Gasteiger partial charge is 0.461 e. The number of amides is 1. The molecule has 0 saturated carbocycles. The second-order valence-corrected chi connectivity index (χ2v) is 8.07. The summed E-state index contributed by atoms with van der Waals surface area (Å²) in [5.74, 6) is -2.80. The Morgan fingerprint density at radius 1 is 1.22 bits per heavy atom. The van der Waals surface area contributed by atoms with Gasteiger partial charge in [-0.3, -0.25) is 9.59 Å². The average molecular weight is 455 g/mol. The predicted octanol–water partition coefficient (Wildman–Crippen LogP) is -0.956. The van der Waals surface area contributed by atoms with E-state index >= 15 is 0 Å². The minimum absolute atomic E-state index is 0.0916. The van der Waals surface area contributed by atoms with Gasteiger partial charge in [0.1, 0.15) is 24.9 Å². The average Bonchev–Trinajstić information content (AvgIpc) is 2.79. The van der Waals surface area contributed by atoms with E-state index in [1.807, 2.05) is 30.3 Å². The fraction of sp³-hybridized carbons (Fsp3) is 0.636. The second kappa shape index (κ2) is 12.8. The molecule has 1 amide bonds. The van der Waals surface area contributed by atoms with E-state index in [1.165, 1.54) is 0 Å². The quantitative estimate of drug-likeness (QED) is 0.173. The van der Waals surface area contributed by atoms with Crippen LogP contribution in [0.25, 0.3) is 0 Å². The number of rotatable bonds is 12. The fourth-order valence-corrected chi connectivity index (χ4v) is 3.25. The number of esters is 1. The van der Waals surface area contributed by atoms with Gasteiger partial charge in [-0.2, -0.15) is 0 Å². The van der Waals surface area contributed by atoms with Crippen molar-refractivity contribution in [1.29, 1.82) is 0 Å². The molecule has 180 valence electrons. The zero-order valence-corrected chi connectivity index (χ0v) is 18.3. The van der Waals surface area contributed by atoms with Crippen LogP contribution < -0.4 is 10.6 Å². The van der Waals surface area contributed by atoms with Crippen LogP contribution in [0.15, 0.2) is 30.3 Å². The number of carbonyl (C=O) groups is 2. The van der Waals surface area contributed by atoms with E-state index in [-0.39, 0.29) is 50.5 Å². The molecule has 6 N–H and O–H groups in total. The van der Waals surface area contributed by atoms with Gasteiger partial charge in [-0.1, -0.05) is 37.3 Å². The molecule has 1 aromatic rings. The number of hydrogen-bond donors (Lipinski definition) is 6. The number of hydrogen-bond acceptors (Lipinski definition) is 9. The molecular weight excluding hydrogens is 420 g/mol. The highest BCUT2D eigenvalue weighted by Crippen LogP contribution is 2.23. The Hall–Kier alpha value is -2.08. The van der Waals surface area contributed by atoms with Gasteiger partial charge in [0.15, 0.2) is 0 Å². The third-order valence-electron chi connectivity index (χ3n) is 5.37. The molecule has 1 saturated heterocycles. The molecule has 0 radical (unpaired) electrons. The molecule has 2 rings (SSSR count). The summed E-state index contributed by atoms with van der Waals surface area (Å²) < 4.78 is 10.2. The first-order chi connectivity index (χ1) is 15.2. The highest BCUT2D eigenvalue weighted by atomic mass is 16.6. The highest BCUT2D eigenvalue weighted by molar-refractivity contribution is 5.79. The lowest BCUT2D eigenvalue weighted by Gasteiger charge is -2.41. The Kier molecular flexibility index (Phi) is 10.5. The number of ether oxygens (including phenoxy) is 2. The van der Waals surface area contributed by atoms with E-state index in [9.17, 15) is 30.0 Å². The lowest BCUT2D eigenvalue weighted by Crippen LogP contribution is -2.64. The van der Waals surface area contributed by atoms with Crippen molar-refractivity contribution in [2.45, 2.75) is 56.9 Å². The van der Waals surface area contributed by atoms with Crippen LogP contribution >= 0.6 is 0 Å². The first-order valence-corrected chi connectivity index (χ1v) is 10.8. The summed E-state index contributed by atoms with van der Waals surface area (Å²) in [7, 11) is 0. The Balaban J connectivity index is 1.54. The molecule has 1 aliphatic heterocycles. The van der Waals surface area contributed by atoms with Crippen molar-refractivity contribution in [3.63, 3.8) is 0 Å². The van der Waals surface area contributed by atoms with Gasteiger partial charge in [0.2, 0.25) is 11.7 Å². The van der Waals surface area contributed by atoms with Crippen LogP contribution in [0.5, 0.6) is 0 Å². The Bertz CT molecular complexity index is 719. The second-order valence-electron chi connectivity index (χ2n) is 8.07. The molecule has 10 heteroatoms. The lowest BCUT2D eigenvalue weighted by molar-refractivity contribution is -0.317. The van der Waals surface area contributed by atoms with E-state index in [4.69, 9.17) is 9.47 Å². The molecule has 5 atom stereocenters. The molecule has 32 heavy (non-hydrogen) atoms. The summed E-state index contributed by atoms with van der Waals surface area (Å²) in [4.78, 5) is 23.9. The molecule has 0 aliphatic carbocycles. The smallest absolute Gasteiger partial charge is 0.307 e. The van der Waals surface area contributed by atoms with Crippen molar-refractivity contribution in [3.05, 3.63) is 35.9 Å². The highest BCUT2D eigenvalue weighted by Gasteiger charge is 2.48. The summed E-state index contributed by atoms with van der Waals surface area (Å²) >= 11 is 0. The van der Waals surface area contributed by atoms with Crippen LogP contribution in [0.2, 0.25) is 0 Å². The van der Waals surface area contributed by atoms with Gasteiger partial charge in [-0.15, -0.1) is 0 Å².